The molecule has 1 aliphatic heterocycles. The minimum absolute atomic E-state index is 0.442. The quantitative estimate of drug-likeness (QED) is 0.778. The number of thiazole rings is 1. The van der Waals surface area contributed by atoms with E-state index >= 15 is 0 Å². The highest BCUT2D eigenvalue weighted by Gasteiger charge is 2.24. The molecule has 0 amide bonds. The molecule has 0 unspecified atom stereocenters. The van der Waals surface area contributed by atoms with Crippen LogP contribution in [0.3, 0.4) is 0 Å². The first-order valence-electron chi connectivity index (χ1n) is 8.65. The van der Waals surface area contributed by atoms with Crippen molar-refractivity contribution in [2.75, 3.05) is 13.1 Å². The van der Waals surface area contributed by atoms with Crippen molar-refractivity contribution in [3.63, 3.8) is 0 Å². The van der Waals surface area contributed by atoms with Crippen molar-refractivity contribution >= 4 is 11.3 Å². The lowest BCUT2D eigenvalue weighted by Crippen LogP contribution is -2.34. The average molecular weight is 354 g/mol. The molecule has 1 saturated heterocycles. The fourth-order valence-electron chi connectivity index (χ4n) is 3.45. The molecule has 1 aliphatic rings. The number of hydrogen-bond acceptors (Lipinski definition) is 6. The van der Waals surface area contributed by atoms with E-state index in [9.17, 15) is 0 Å². The summed E-state index contributed by atoms with van der Waals surface area (Å²) in [6.45, 7) is 7.21. The molecule has 0 aliphatic carbocycles. The largest absolute Gasteiger partial charge is 0.343 e. The zero-order chi connectivity index (χ0) is 17.2. The molecule has 1 N–H and O–H groups in total. The summed E-state index contributed by atoms with van der Waals surface area (Å²) >= 11 is 1.75. The van der Waals surface area contributed by atoms with Crippen LogP contribution in [0.25, 0.3) is 11.5 Å². The monoisotopic (exact) mass is 354 g/mol. The highest BCUT2D eigenvalue weighted by atomic mass is 32.1. The van der Waals surface area contributed by atoms with Crippen LogP contribution in [0.15, 0.2) is 24.0 Å². The lowest BCUT2D eigenvalue weighted by molar-refractivity contribution is 0.199. The average Bonchev–Trinajstić information content (AvgIpc) is 3.27. The van der Waals surface area contributed by atoms with Crippen LogP contribution in [0, 0.1) is 13.8 Å². The minimum atomic E-state index is 0.442. The van der Waals surface area contributed by atoms with Gasteiger partial charge in [0.05, 0.1) is 11.2 Å². The molecule has 4 heterocycles. The third kappa shape index (κ3) is 3.62. The number of aromatic nitrogens is 5. The lowest BCUT2D eigenvalue weighted by atomic mass is 9.94. The van der Waals surface area contributed by atoms with Gasteiger partial charge in [-0.2, -0.15) is 0 Å². The highest BCUT2D eigenvalue weighted by Crippen LogP contribution is 2.29. The fourth-order valence-corrected chi connectivity index (χ4v) is 4.27. The summed E-state index contributed by atoms with van der Waals surface area (Å²) in [6, 6.07) is 2.10. The molecule has 25 heavy (non-hydrogen) atoms. The highest BCUT2D eigenvalue weighted by molar-refractivity contribution is 7.09. The predicted octanol–water partition coefficient (Wildman–Crippen LogP) is 3.32. The second-order valence-corrected chi connectivity index (χ2v) is 7.54. The molecule has 3 aromatic rings. The number of nitrogens with zero attached hydrogens (tertiary/aromatic N) is 5. The Bertz CT molecular complexity index is 841. The van der Waals surface area contributed by atoms with Gasteiger partial charge in [-0.25, -0.2) is 19.9 Å². The van der Waals surface area contributed by atoms with E-state index in [1.165, 1.54) is 17.7 Å². The molecule has 3 aromatic heterocycles. The van der Waals surface area contributed by atoms with Gasteiger partial charge in [-0.05, 0) is 39.3 Å². The van der Waals surface area contributed by atoms with E-state index in [0.717, 1.165) is 48.4 Å². The van der Waals surface area contributed by atoms with Crippen molar-refractivity contribution in [1.29, 1.82) is 0 Å². The summed E-state index contributed by atoms with van der Waals surface area (Å²) in [4.78, 5) is 25.0. The van der Waals surface area contributed by atoms with Crippen LogP contribution in [0.1, 0.15) is 40.8 Å². The fraction of sp³-hybridized carbons (Fsp3) is 0.444. The Morgan fingerprint density at radius 1 is 1.28 bits per heavy atom. The Balaban J connectivity index is 1.54. The summed E-state index contributed by atoms with van der Waals surface area (Å²) in [6.07, 6.45) is 5.95. The molecule has 0 radical (unpaired) electrons. The van der Waals surface area contributed by atoms with Crippen LogP contribution in [-0.2, 0) is 6.54 Å². The third-order valence-corrected chi connectivity index (χ3v) is 5.65. The van der Waals surface area contributed by atoms with E-state index in [1.54, 1.807) is 17.5 Å². The van der Waals surface area contributed by atoms with Gasteiger partial charge in [0.2, 0.25) is 0 Å². The molecule has 0 bridgehead atoms. The molecule has 0 saturated carbocycles. The molecule has 0 aromatic carbocycles. The van der Waals surface area contributed by atoms with Crippen molar-refractivity contribution in [2.45, 2.75) is 39.2 Å². The van der Waals surface area contributed by atoms with E-state index in [1.807, 2.05) is 18.6 Å². The Morgan fingerprint density at radius 2 is 2.20 bits per heavy atom. The number of rotatable bonds is 4. The first-order valence-corrected chi connectivity index (χ1v) is 9.53. The van der Waals surface area contributed by atoms with Gasteiger partial charge in [0.15, 0.2) is 5.82 Å². The van der Waals surface area contributed by atoms with Crippen LogP contribution >= 0.6 is 11.3 Å². The molecular weight excluding hydrogens is 332 g/mol. The van der Waals surface area contributed by atoms with Crippen LogP contribution in [-0.4, -0.2) is 42.9 Å². The number of piperidine rings is 1. The number of hydrogen-bond donors (Lipinski definition) is 1. The maximum absolute atomic E-state index is 4.73. The molecule has 4 rings (SSSR count). The second-order valence-electron chi connectivity index (χ2n) is 6.60. The van der Waals surface area contributed by atoms with Crippen molar-refractivity contribution in [1.82, 2.24) is 29.8 Å². The third-order valence-electron chi connectivity index (χ3n) is 4.73. The first kappa shape index (κ1) is 16.4. The SMILES string of the molecule is Cc1nc(-c2ncc[nH]2)cc([C@@H]2CCCN(Cc3scnc3C)C2)n1. The Labute approximate surface area is 151 Å². The topological polar surface area (TPSA) is 70.6 Å². The Morgan fingerprint density at radius 3 is 2.96 bits per heavy atom. The van der Waals surface area contributed by atoms with E-state index < -0.39 is 0 Å². The van der Waals surface area contributed by atoms with Gasteiger partial charge in [0, 0.05) is 42.0 Å². The Kier molecular flexibility index (Phi) is 4.59. The standard InChI is InChI=1S/C18H22N6S/c1-12-17(25-11-21-12)10-24-7-3-4-14(9-24)15-8-16(23-13(2)22-15)18-19-5-6-20-18/h5-6,8,11,14H,3-4,7,9-10H2,1-2H3,(H,19,20)/t14-/m1/s1. The zero-order valence-electron chi connectivity index (χ0n) is 14.6. The van der Waals surface area contributed by atoms with Crippen molar-refractivity contribution in [3.05, 3.63) is 46.1 Å². The molecule has 1 fully saturated rings. The first-order chi connectivity index (χ1) is 12.2. The van der Waals surface area contributed by atoms with Crippen LogP contribution < -0.4 is 0 Å². The van der Waals surface area contributed by atoms with E-state index in [0.29, 0.717) is 5.92 Å². The van der Waals surface area contributed by atoms with Gasteiger partial charge in [-0.3, -0.25) is 4.90 Å². The predicted molar refractivity (Wildman–Crippen MR) is 98.5 cm³/mol. The summed E-state index contributed by atoms with van der Waals surface area (Å²) < 4.78 is 0. The maximum atomic E-state index is 4.73. The summed E-state index contributed by atoms with van der Waals surface area (Å²) in [5.41, 5.74) is 5.10. The van der Waals surface area contributed by atoms with Crippen molar-refractivity contribution < 1.29 is 0 Å². The molecular formula is C18H22N6S. The smallest absolute Gasteiger partial charge is 0.156 e. The van der Waals surface area contributed by atoms with E-state index in [-0.39, 0.29) is 0 Å². The van der Waals surface area contributed by atoms with Gasteiger partial charge in [-0.15, -0.1) is 11.3 Å². The van der Waals surface area contributed by atoms with Crippen molar-refractivity contribution in [2.24, 2.45) is 0 Å². The maximum Gasteiger partial charge on any atom is 0.156 e. The molecule has 1 atom stereocenters. The molecule has 0 spiro atoms. The zero-order valence-corrected chi connectivity index (χ0v) is 15.4. The summed E-state index contributed by atoms with van der Waals surface area (Å²) in [5, 5.41) is 0. The molecule has 130 valence electrons. The van der Waals surface area contributed by atoms with Crippen LogP contribution in [0.2, 0.25) is 0 Å². The van der Waals surface area contributed by atoms with E-state index in [2.05, 4.69) is 37.8 Å². The second kappa shape index (κ2) is 7.01. The molecule has 6 nitrogen and oxygen atoms in total. The lowest BCUT2D eigenvalue weighted by Gasteiger charge is -2.32. The summed E-state index contributed by atoms with van der Waals surface area (Å²) in [5.74, 6) is 2.05. The van der Waals surface area contributed by atoms with Crippen LogP contribution in [0.4, 0.5) is 0 Å². The number of aromatic amines is 1. The number of aryl methyl sites for hydroxylation is 2. The molecule has 7 heteroatoms. The number of nitrogens with one attached hydrogen (secondary N) is 1. The van der Waals surface area contributed by atoms with Crippen molar-refractivity contribution in [3.8, 4) is 11.5 Å². The Hall–Kier alpha value is -2.12. The van der Waals surface area contributed by atoms with E-state index in [4.69, 9.17) is 4.98 Å². The van der Waals surface area contributed by atoms with Gasteiger partial charge in [-0.1, -0.05) is 0 Å². The summed E-state index contributed by atoms with van der Waals surface area (Å²) in [7, 11) is 0. The minimum Gasteiger partial charge on any atom is -0.343 e. The number of H-pyrrole nitrogens is 1. The van der Waals surface area contributed by atoms with Gasteiger partial charge < -0.3 is 4.98 Å². The van der Waals surface area contributed by atoms with Gasteiger partial charge in [0.25, 0.3) is 0 Å². The normalized spacial score (nSPS) is 18.6. The van der Waals surface area contributed by atoms with Gasteiger partial charge >= 0.3 is 0 Å². The van der Waals surface area contributed by atoms with Gasteiger partial charge in [0.1, 0.15) is 11.5 Å². The number of imidazole rings is 1. The number of likely N-dealkylation sites (tertiary alicyclic amines) is 1. The van der Waals surface area contributed by atoms with Crippen LogP contribution in [0.5, 0.6) is 0 Å².